The first-order valence-electron chi connectivity index (χ1n) is 8.30. The molecule has 1 aromatic carbocycles. The molecule has 0 aromatic heterocycles. The molecule has 0 aliphatic carbocycles. The van der Waals surface area contributed by atoms with Gasteiger partial charge in [-0.3, -0.25) is 4.90 Å². The van der Waals surface area contributed by atoms with Gasteiger partial charge in [-0.2, -0.15) is 0 Å². The molecule has 1 saturated heterocycles. The minimum atomic E-state index is -0.436. The van der Waals surface area contributed by atoms with Crippen molar-refractivity contribution in [3.8, 4) is 0 Å². The average molecular weight is 414 g/mol. The maximum absolute atomic E-state index is 10.1. The van der Waals surface area contributed by atoms with E-state index in [-0.39, 0.29) is 30.4 Å². The van der Waals surface area contributed by atoms with E-state index < -0.39 is 6.10 Å². The van der Waals surface area contributed by atoms with Gasteiger partial charge in [0.15, 0.2) is 0 Å². The average Bonchev–Trinajstić information content (AvgIpc) is 2.48. The number of aliphatic hydroxyl groups excluding tert-OH is 1. The van der Waals surface area contributed by atoms with Crippen LogP contribution < -0.4 is 4.90 Å². The van der Waals surface area contributed by atoms with Crippen molar-refractivity contribution in [2.45, 2.75) is 39.4 Å². The van der Waals surface area contributed by atoms with Crippen LogP contribution in [0.25, 0.3) is 0 Å². The van der Waals surface area contributed by atoms with Gasteiger partial charge in [0.25, 0.3) is 0 Å². The smallest absolute Gasteiger partial charge is 0.0900 e. The number of hydrogen-bond acceptors (Lipinski definition) is 4. The molecule has 25 heavy (non-hydrogen) atoms. The zero-order valence-electron chi connectivity index (χ0n) is 15.5. The number of ether oxygens (including phenoxy) is 1. The maximum Gasteiger partial charge on any atom is 0.0900 e. The number of hydrogen-bond donors (Lipinski definition) is 1. The van der Waals surface area contributed by atoms with Crippen molar-refractivity contribution in [1.29, 1.82) is 0 Å². The van der Waals surface area contributed by atoms with Crippen molar-refractivity contribution in [3.63, 3.8) is 0 Å². The van der Waals surface area contributed by atoms with Gasteiger partial charge in [0.2, 0.25) is 0 Å². The Bertz CT molecular complexity index is 516. The van der Waals surface area contributed by atoms with Crippen LogP contribution in [0.2, 0.25) is 5.02 Å². The van der Waals surface area contributed by atoms with Crippen LogP contribution in [0, 0.1) is 6.92 Å². The zero-order chi connectivity index (χ0) is 17.0. The predicted molar refractivity (Wildman–Crippen MR) is 111 cm³/mol. The van der Waals surface area contributed by atoms with Gasteiger partial charge in [0, 0.05) is 43.4 Å². The van der Waals surface area contributed by atoms with Crippen molar-refractivity contribution in [3.05, 3.63) is 28.8 Å². The molecular formula is C18H31Cl3N2O2. The number of benzene rings is 1. The highest BCUT2D eigenvalue weighted by molar-refractivity contribution is 6.30. The van der Waals surface area contributed by atoms with E-state index in [0.717, 1.165) is 31.2 Å². The Morgan fingerprint density at radius 2 is 1.76 bits per heavy atom. The van der Waals surface area contributed by atoms with Crippen LogP contribution in [0.15, 0.2) is 18.2 Å². The lowest BCUT2D eigenvalue weighted by Crippen LogP contribution is -2.49. The van der Waals surface area contributed by atoms with Crippen molar-refractivity contribution in [1.82, 2.24) is 4.90 Å². The van der Waals surface area contributed by atoms with Gasteiger partial charge in [-0.05, 0) is 45.4 Å². The van der Waals surface area contributed by atoms with Crippen molar-refractivity contribution >= 4 is 42.1 Å². The first-order valence-corrected chi connectivity index (χ1v) is 8.68. The molecule has 1 atom stereocenters. The summed E-state index contributed by atoms with van der Waals surface area (Å²) in [5.74, 6) is 0. The number of aryl methyl sites for hydroxylation is 1. The molecule has 1 fully saturated rings. The van der Waals surface area contributed by atoms with Crippen LogP contribution in [-0.4, -0.2) is 61.0 Å². The molecule has 1 aliphatic rings. The molecule has 1 aliphatic heterocycles. The summed E-state index contributed by atoms with van der Waals surface area (Å²) in [5.41, 5.74) is 2.26. The van der Waals surface area contributed by atoms with Gasteiger partial charge < -0.3 is 14.7 Å². The second-order valence-corrected chi connectivity index (χ2v) is 7.73. The highest BCUT2D eigenvalue weighted by atomic mass is 35.5. The first kappa shape index (κ1) is 24.8. The molecule has 1 heterocycles. The Morgan fingerprint density at radius 3 is 2.32 bits per heavy atom. The van der Waals surface area contributed by atoms with Gasteiger partial charge in [-0.1, -0.05) is 17.7 Å². The van der Waals surface area contributed by atoms with Crippen LogP contribution in [0.5, 0.6) is 0 Å². The molecule has 1 unspecified atom stereocenters. The summed E-state index contributed by atoms with van der Waals surface area (Å²) < 4.78 is 5.65. The Morgan fingerprint density at radius 1 is 1.16 bits per heavy atom. The Kier molecular flexibility index (Phi) is 10.7. The number of nitrogens with zero attached hydrogens (tertiary/aromatic N) is 2. The van der Waals surface area contributed by atoms with Gasteiger partial charge in [-0.15, -0.1) is 24.8 Å². The Hall–Kier alpha value is -0.230. The molecule has 2 rings (SSSR count). The summed E-state index contributed by atoms with van der Waals surface area (Å²) in [4.78, 5) is 4.67. The van der Waals surface area contributed by atoms with E-state index >= 15 is 0 Å². The monoisotopic (exact) mass is 412 g/mol. The van der Waals surface area contributed by atoms with Crippen molar-refractivity contribution < 1.29 is 9.84 Å². The largest absolute Gasteiger partial charge is 0.389 e. The van der Waals surface area contributed by atoms with E-state index in [1.54, 1.807) is 0 Å². The first-order chi connectivity index (χ1) is 10.7. The van der Waals surface area contributed by atoms with E-state index in [4.69, 9.17) is 16.3 Å². The second kappa shape index (κ2) is 10.8. The lowest BCUT2D eigenvalue weighted by Gasteiger charge is -2.37. The Balaban J connectivity index is 0.00000288. The fourth-order valence-corrected chi connectivity index (χ4v) is 2.96. The fourth-order valence-electron chi connectivity index (χ4n) is 2.79. The third-order valence-corrected chi connectivity index (χ3v) is 4.30. The quantitative estimate of drug-likeness (QED) is 0.796. The number of halogens is 3. The molecule has 0 amide bonds. The van der Waals surface area contributed by atoms with E-state index in [0.29, 0.717) is 13.2 Å². The van der Waals surface area contributed by atoms with E-state index in [2.05, 4.69) is 22.8 Å². The lowest BCUT2D eigenvalue weighted by atomic mass is 10.1. The predicted octanol–water partition coefficient (Wildman–Crippen LogP) is 3.79. The number of piperazine rings is 1. The SMILES string of the molecule is Cc1ccc(Cl)cc1N1CCN(CC(O)COC(C)(C)C)CC1.Cl.Cl. The standard InChI is InChI=1S/C18H29ClN2O2.2ClH/c1-14-5-6-15(19)11-17(14)21-9-7-20(8-10-21)12-16(22)13-23-18(2,3)4;;/h5-6,11,16,22H,7-10,12-13H2,1-4H3;2*1H. The molecular weight excluding hydrogens is 383 g/mol. The van der Waals surface area contributed by atoms with Gasteiger partial charge in [-0.25, -0.2) is 0 Å². The summed E-state index contributed by atoms with van der Waals surface area (Å²) in [6.45, 7) is 13.0. The molecule has 0 spiro atoms. The van der Waals surface area contributed by atoms with E-state index in [9.17, 15) is 5.11 Å². The number of β-amino-alcohol motifs (C(OH)–C–C–N with tert-alkyl or cyclic N) is 1. The number of anilines is 1. The van der Waals surface area contributed by atoms with Crippen molar-refractivity contribution in [2.24, 2.45) is 0 Å². The zero-order valence-corrected chi connectivity index (χ0v) is 17.9. The third-order valence-electron chi connectivity index (χ3n) is 4.06. The molecule has 1 N–H and O–H groups in total. The maximum atomic E-state index is 10.1. The van der Waals surface area contributed by atoms with E-state index in [1.165, 1.54) is 11.3 Å². The molecule has 4 nitrogen and oxygen atoms in total. The van der Waals surface area contributed by atoms with Crippen LogP contribution in [0.4, 0.5) is 5.69 Å². The number of aliphatic hydroxyl groups is 1. The van der Waals surface area contributed by atoms with Crippen LogP contribution in [-0.2, 0) is 4.74 Å². The normalized spacial score (nSPS) is 16.8. The summed E-state index contributed by atoms with van der Waals surface area (Å²) in [7, 11) is 0. The summed E-state index contributed by atoms with van der Waals surface area (Å²) in [5, 5.41) is 10.9. The molecule has 7 heteroatoms. The molecule has 0 saturated carbocycles. The summed E-state index contributed by atoms with van der Waals surface area (Å²) in [6, 6.07) is 6.04. The lowest BCUT2D eigenvalue weighted by molar-refractivity contribution is -0.0563. The Labute approximate surface area is 169 Å². The van der Waals surface area contributed by atoms with Gasteiger partial charge in [0.05, 0.1) is 18.3 Å². The molecule has 0 radical (unpaired) electrons. The van der Waals surface area contributed by atoms with Gasteiger partial charge in [0.1, 0.15) is 0 Å². The summed E-state index contributed by atoms with van der Waals surface area (Å²) in [6.07, 6.45) is -0.436. The highest BCUT2D eigenvalue weighted by Crippen LogP contribution is 2.25. The molecule has 146 valence electrons. The van der Waals surface area contributed by atoms with Crippen LogP contribution >= 0.6 is 36.4 Å². The number of rotatable bonds is 5. The third kappa shape index (κ3) is 8.33. The topological polar surface area (TPSA) is 35.9 Å². The van der Waals surface area contributed by atoms with Crippen LogP contribution in [0.1, 0.15) is 26.3 Å². The molecule has 0 bridgehead atoms. The minimum absolute atomic E-state index is 0. The fraction of sp³-hybridized carbons (Fsp3) is 0.667. The molecule has 1 aromatic rings. The second-order valence-electron chi connectivity index (χ2n) is 7.30. The van der Waals surface area contributed by atoms with Crippen LogP contribution in [0.3, 0.4) is 0 Å². The minimum Gasteiger partial charge on any atom is -0.389 e. The summed E-state index contributed by atoms with van der Waals surface area (Å²) >= 11 is 6.12. The van der Waals surface area contributed by atoms with Crippen molar-refractivity contribution in [2.75, 3.05) is 44.2 Å². The van der Waals surface area contributed by atoms with Gasteiger partial charge >= 0.3 is 0 Å². The highest BCUT2D eigenvalue weighted by Gasteiger charge is 2.21. The van der Waals surface area contributed by atoms with E-state index in [1.807, 2.05) is 32.9 Å².